The zero-order valence-corrected chi connectivity index (χ0v) is 12.0. The van der Waals surface area contributed by atoms with Crippen LogP contribution in [0.3, 0.4) is 0 Å². The molecule has 1 amide bonds. The summed E-state index contributed by atoms with van der Waals surface area (Å²) < 4.78 is 0. The first kappa shape index (κ1) is 13.8. The normalized spacial score (nSPS) is 19.0. The van der Waals surface area contributed by atoms with Gasteiger partial charge >= 0.3 is 0 Å². The Labute approximate surface area is 118 Å². The molecule has 1 aromatic heterocycles. The maximum atomic E-state index is 12.4. The number of hydrogen-bond donors (Lipinski definition) is 1. The molecule has 5 heteroatoms. The topological polar surface area (TPSA) is 32.3 Å². The van der Waals surface area contributed by atoms with E-state index in [1.807, 2.05) is 4.90 Å². The quantitative estimate of drug-likeness (QED) is 0.857. The summed E-state index contributed by atoms with van der Waals surface area (Å²) in [6.45, 7) is 3.56. The van der Waals surface area contributed by atoms with Gasteiger partial charge in [-0.3, -0.25) is 4.79 Å². The lowest BCUT2D eigenvalue weighted by molar-refractivity contribution is 0.0735. The van der Waals surface area contributed by atoms with Crippen LogP contribution in [0.1, 0.15) is 33.6 Å². The number of halogens is 1. The second-order valence-corrected chi connectivity index (χ2v) is 5.76. The molecule has 100 valence electrons. The van der Waals surface area contributed by atoms with Crippen molar-refractivity contribution in [3.05, 3.63) is 21.4 Å². The second kappa shape index (κ2) is 6.04. The molecule has 2 aliphatic rings. The Balaban J connectivity index is 0.00000120. The fraction of sp³-hybridized carbons (Fsp3) is 0.615. The molecule has 18 heavy (non-hydrogen) atoms. The summed E-state index contributed by atoms with van der Waals surface area (Å²) in [6, 6.07) is 0. The lowest BCUT2D eigenvalue weighted by Crippen LogP contribution is -2.46. The van der Waals surface area contributed by atoms with Crippen molar-refractivity contribution in [2.24, 2.45) is 0 Å². The Morgan fingerprint density at radius 1 is 1.22 bits per heavy atom. The minimum absolute atomic E-state index is 0. The summed E-state index contributed by atoms with van der Waals surface area (Å²) in [5.41, 5.74) is 2.34. The molecule has 0 saturated carbocycles. The second-order valence-electron chi connectivity index (χ2n) is 4.80. The molecule has 0 bridgehead atoms. The molecule has 1 fully saturated rings. The zero-order chi connectivity index (χ0) is 11.7. The predicted molar refractivity (Wildman–Crippen MR) is 77.0 cm³/mol. The van der Waals surface area contributed by atoms with Crippen LogP contribution in [0.2, 0.25) is 0 Å². The van der Waals surface area contributed by atoms with Crippen molar-refractivity contribution in [3.8, 4) is 0 Å². The highest BCUT2D eigenvalue weighted by atomic mass is 35.5. The van der Waals surface area contributed by atoms with Gasteiger partial charge in [-0.2, -0.15) is 0 Å². The van der Waals surface area contributed by atoms with E-state index in [1.165, 1.54) is 29.7 Å². The van der Waals surface area contributed by atoms with E-state index in [1.54, 1.807) is 11.3 Å². The molecule has 3 nitrogen and oxygen atoms in total. The Bertz CT molecular complexity index is 427. The highest BCUT2D eigenvalue weighted by molar-refractivity contribution is 7.10. The molecule has 2 heterocycles. The average Bonchev–Trinajstić information content (AvgIpc) is 2.83. The Hall–Kier alpha value is -0.580. The number of hydrogen-bond acceptors (Lipinski definition) is 3. The van der Waals surface area contributed by atoms with Gasteiger partial charge in [-0.25, -0.2) is 0 Å². The zero-order valence-electron chi connectivity index (χ0n) is 10.4. The SMILES string of the molecule is Cl.O=C(c1csc2c1CCCC2)N1CCNCC1. The fourth-order valence-electron chi connectivity index (χ4n) is 2.71. The molecule has 3 rings (SSSR count). The van der Waals surface area contributed by atoms with Gasteiger partial charge in [-0.1, -0.05) is 0 Å². The lowest BCUT2D eigenvalue weighted by Gasteiger charge is -2.27. The summed E-state index contributed by atoms with van der Waals surface area (Å²) in [5.74, 6) is 0.255. The Morgan fingerprint density at radius 3 is 2.72 bits per heavy atom. The van der Waals surface area contributed by atoms with Gasteiger partial charge in [0.1, 0.15) is 0 Å². The predicted octanol–water partition coefficient (Wildman–Crippen LogP) is 2.09. The average molecular weight is 287 g/mol. The number of aryl methyl sites for hydroxylation is 1. The van der Waals surface area contributed by atoms with Crippen molar-refractivity contribution in [2.75, 3.05) is 26.2 Å². The summed E-state index contributed by atoms with van der Waals surface area (Å²) in [4.78, 5) is 15.9. The number of fused-ring (bicyclic) bond motifs is 1. The maximum absolute atomic E-state index is 12.4. The van der Waals surface area contributed by atoms with Crippen LogP contribution in [0.15, 0.2) is 5.38 Å². The number of nitrogens with zero attached hydrogens (tertiary/aromatic N) is 1. The van der Waals surface area contributed by atoms with Crippen molar-refractivity contribution in [2.45, 2.75) is 25.7 Å². The fourth-order valence-corrected chi connectivity index (χ4v) is 3.83. The standard InChI is InChI=1S/C13H18N2OS.ClH/c16-13(15-7-5-14-6-8-15)11-9-17-12-4-2-1-3-10(11)12;/h9,14H,1-8H2;1H. The number of piperazine rings is 1. The van der Waals surface area contributed by atoms with Crippen molar-refractivity contribution < 1.29 is 4.79 Å². The third-order valence-electron chi connectivity index (χ3n) is 3.70. The van der Waals surface area contributed by atoms with Gasteiger partial charge in [0.05, 0.1) is 5.56 Å². The highest BCUT2D eigenvalue weighted by Crippen LogP contribution is 2.30. The van der Waals surface area contributed by atoms with Gasteiger partial charge < -0.3 is 10.2 Å². The van der Waals surface area contributed by atoms with E-state index in [-0.39, 0.29) is 18.3 Å². The molecule has 0 unspecified atom stereocenters. The molecule has 1 saturated heterocycles. The number of carbonyl (C=O) groups is 1. The number of amides is 1. The van der Waals surface area contributed by atoms with E-state index >= 15 is 0 Å². The molecule has 1 aliphatic carbocycles. The molecule has 0 atom stereocenters. The van der Waals surface area contributed by atoms with Crippen LogP contribution in [0.25, 0.3) is 0 Å². The molecule has 0 spiro atoms. The van der Waals surface area contributed by atoms with Gasteiger partial charge in [0, 0.05) is 36.4 Å². The summed E-state index contributed by atoms with van der Waals surface area (Å²) in [6.07, 6.45) is 4.81. The van der Waals surface area contributed by atoms with Crippen LogP contribution >= 0.6 is 23.7 Å². The van der Waals surface area contributed by atoms with Crippen molar-refractivity contribution in [1.82, 2.24) is 10.2 Å². The first-order valence-corrected chi connectivity index (χ1v) is 7.33. The van der Waals surface area contributed by atoms with Gasteiger partial charge in [0.2, 0.25) is 0 Å². The van der Waals surface area contributed by atoms with Crippen LogP contribution < -0.4 is 5.32 Å². The largest absolute Gasteiger partial charge is 0.336 e. The first-order valence-electron chi connectivity index (χ1n) is 6.45. The maximum Gasteiger partial charge on any atom is 0.255 e. The monoisotopic (exact) mass is 286 g/mol. The molecule has 1 aliphatic heterocycles. The van der Waals surface area contributed by atoms with E-state index in [0.29, 0.717) is 0 Å². The minimum Gasteiger partial charge on any atom is -0.336 e. The number of thiophene rings is 1. The van der Waals surface area contributed by atoms with E-state index in [0.717, 1.165) is 38.2 Å². The van der Waals surface area contributed by atoms with Gasteiger partial charge in [0.25, 0.3) is 5.91 Å². The van der Waals surface area contributed by atoms with E-state index < -0.39 is 0 Å². The summed E-state index contributed by atoms with van der Waals surface area (Å²) >= 11 is 1.78. The molecule has 1 N–H and O–H groups in total. The van der Waals surface area contributed by atoms with Gasteiger partial charge in [-0.05, 0) is 31.2 Å². The number of rotatable bonds is 1. The highest BCUT2D eigenvalue weighted by Gasteiger charge is 2.24. The Kier molecular flexibility index (Phi) is 4.65. The number of nitrogens with one attached hydrogen (secondary N) is 1. The van der Waals surface area contributed by atoms with Crippen molar-refractivity contribution in [3.63, 3.8) is 0 Å². The van der Waals surface area contributed by atoms with Crippen molar-refractivity contribution in [1.29, 1.82) is 0 Å². The van der Waals surface area contributed by atoms with E-state index in [2.05, 4.69) is 10.7 Å². The smallest absolute Gasteiger partial charge is 0.255 e. The van der Waals surface area contributed by atoms with Crippen LogP contribution in [-0.4, -0.2) is 37.0 Å². The van der Waals surface area contributed by atoms with Crippen LogP contribution in [0.4, 0.5) is 0 Å². The summed E-state index contributed by atoms with van der Waals surface area (Å²) in [5, 5.41) is 5.37. The third-order valence-corrected chi connectivity index (χ3v) is 4.78. The molecular weight excluding hydrogens is 268 g/mol. The van der Waals surface area contributed by atoms with E-state index in [4.69, 9.17) is 0 Å². The van der Waals surface area contributed by atoms with Crippen LogP contribution in [-0.2, 0) is 12.8 Å². The lowest BCUT2D eigenvalue weighted by atomic mass is 9.95. The van der Waals surface area contributed by atoms with E-state index in [9.17, 15) is 4.79 Å². The molecule has 1 aromatic rings. The first-order chi connectivity index (χ1) is 8.36. The molecular formula is C13H19ClN2OS. The van der Waals surface area contributed by atoms with Crippen LogP contribution in [0.5, 0.6) is 0 Å². The van der Waals surface area contributed by atoms with Crippen molar-refractivity contribution >= 4 is 29.7 Å². The van der Waals surface area contributed by atoms with Gasteiger partial charge in [0.15, 0.2) is 0 Å². The third kappa shape index (κ3) is 2.56. The van der Waals surface area contributed by atoms with Crippen LogP contribution in [0, 0.1) is 0 Å². The minimum atomic E-state index is 0. The summed E-state index contributed by atoms with van der Waals surface area (Å²) in [7, 11) is 0. The Morgan fingerprint density at radius 2 is 1.94 bits per heavy atom. The molecule has 0 aromatic carbocycles. The number of carbonyl (C=O) groups excluding carboxylic acids is 1. The van der Waals surface area contributed by atoms with Gasteiger partial charge in [-0.15, -0.1) is 23.7 Å². The molecule has 0 radical (unpaired) electrons.